The van der Waals surface area contributed by atoms with Crippen LogP contribution >= 0.6 is 0 Å². The van der Waals surface area contributed by atoms with Crippen LogP contribution in [0.15, 0.2) is 24.3 Å². The molecule has 0 radical (unpaired) electrons. The summed E-state index contributed by atoms with van der Waals surface area (Å²) < 4.78 is 43.2. The van der Waals surface area contributed by atoms with E-state index in [1.165, 1.54) is 24.3 Å². The molecule has 1 aromatic rings. The standard InChI is InChI=1S/C10H11FO4S/c1-10(11,7-12)9-4-2-8(3-5-9)6-16(13,14)15/h2-5,7H,6H2,1H3,(H,13,14,15). The third kappa shape index (κ3) is 3.39. The van der Waals surface area contributed by atoms with Crippen LogP contribution in [0.3, 0.4) is 0 Å². The number of halogens is 1. The molecule has 6 heteroatoms. The first-order valence-corrected chi connectivity index (χ1v) is 6.05. The minimum atomic E-state index is -4.09. The highest BCUT2D eigenvalue weighted by Gasteiger charge is 2.24. The fourth-order valence-electron chi connectivity index (χ4n) is 1.21. The van der Waals surface area contributed by atoms with Gasteiger partial charge in [0.15, 0.2) is 12.0 Å². The van der Waals surface area contributed by atoms with E-state index in [4.69, 9.17) is 4.55 Å². The average Bonchev–Trinajstić information content (AvgIpc) is 2.16. The van der Waals surface area contributed by atoms with Crippen molar-refractivity contribution in [3.05, 3.63) is 35.4 Å². The molecule has 1 N–H and O–H groups in total. The molecule has 16 heavy (non-hydrogen) atoms. The van der Waals surface area contributed by atoms with Gasteiger partial charge in [-0.25, -0.2) is 4.39 Å². The molecule has 1 aromatic carbocycles. The van der Waals surface area contributed by atoms with Gasteiger partial charge in [0.05, 0.1) is 0 Å². The summed E-state index contributed by atoms with van der Waals surface area (Å²) in [6.45, 7) is 1.11. The highest BCUT2D eigenvalue weighted by atomic mass is 32.2. The molecule has 0 amide bonds. The number of rotatable bonds is 4. The van der Waals surface area contributed by atoms with Crippen molar-refractivity contribution in [1.82, 2.24) is 0 Å². The zero-order valence-electron chi connectivity index (χ0n) is 8.55. The van der Waals surface area contributed by atoms with Gasteiger partial charge in [0.25, 0.3) is 10.1 Å². The van der Waals surface area contributed by atoms with E-state index in [1.807, 2.05) is 0 Å². The van der Waals surface area contributed by atoms with Crippen LogP contribution in [0.25, 0.3) is 0 Å². The van der Waals surface area contributed by atoms with Gasteiger partial charge in [-0.15, -0.1) is 0 Å². The summed E-state index contributed by atoms with van der Waals surface area (Å²) in [4.78, 5) is 10.4. The van der Waals surface area contributed by atoms with Crippen molar-refractivity contribution in [3.63, 3.8) is 0 Å². The van der Waals surface area contributed by atoms with Crippen LogP contribution in [0.5, 0.6) is 0 Å². The third-order valence-electron chi connectivity index (χ3n) is 2.09. The van der Waals surface area contributed by atoms with Crippen molar-refractivity contribution in [3.8, 4) is 0 Å². The fourth-order valence-corrected chi connectivity index (χ4v) is 1.82. The van der Waals surface area contributed by atoms with Gasteiger partial charge >= 0.3 is 0 Å². The van der Waals surface area contributed by atoms with E-state index in [9.17, 15) is 17.6 Å². The monoisotopic (exact) mass is 246 g/mol. The molecule has 0 aliphatic heterocycles. The second-order valence-corrected chi connectivity index (χ2v) is 5.07. The Kier molecular flexibility index (Phi) is 3.44. The Morgan fingerprint density at radius 3 is 2.25 bits per heavy atom. The molecule has 0 fully saturated rings. The summed E-state index contributed by atoms with van der Waals surface area (Å²) >= 11 is 0. The number of carbonyl (C=O) groups is 1. The predicted octanol–water partition coefficient (Wildman–Crippen LogP) is 1.46. The first-order valence-electron chi connectivity index (χ1n) is 4.44. The Morgan fingerprint density at radius 1 is 1.38 bits per heavy atom. The molecule has 1 rings (SSSR count). The molecule has 1 unspecified atom stereocenters. The first-order chi connectivity index (χ1) is 7.24. The van der Waals surface area contributed by atoms with E-state index in [2.05, 4.69) is 0 Å². The lowest BCUT2D eigenvalue weighted by molar-refractivity contribution is -0.117. The maximum Gasteiger partial charge on any atom is 0.269 e. The van der Waals surface area contributed by atoms with Gasteiger partial charge in [-0.3, -0.25) is 9.35 Å². The summed E-state index contributed by atoms with van der Waals surface area (Å²) in [5.41, 5.74) is -1.62. The summed E-state index contributed by atoms with van der Waals surface area (Å²) in [5.74, 6) is -0.530. The Balaban J connectivity index is 2.96. The summed E-state index contributed by atoms with van der Waals surface area (Å²) in [6.07, 6.45) is 0.171. The van der Waals surface area contributed by atoms with Crippen LogP contribution in [0.1, 0.15) is 18.1 Å². The molecule has 0 saturated heterocycles. The van der Waals surface area contributed by atoms with Gasteiger partial charge in [0, 0.05) is 0 Å². The number of benzene rings is 1. The number of hydrogen-bond donors (Lipinski definition) is 1. The summed E-state index contributed by atoms with van der Waals surface area (Å²) in [7, 11) is -4.09. The van der Waals surface area contributed by atoms with E-state index >= 15 is 0 Å². The van der Waals surface area contributed by atoms with Gasteiger partial charge in [0.1, 0.15) is 5.75 Å². The van der Waals surface area contributed by atoms with E-state index < -0.39 is 21.5 Å². The highest BCUT2D eigenvalue weighted by molar-refractivity contribution is 7.85. The first kappa shape index (κ1) is 12.8. The van der Waals surface area contributed by atoms with Gasteiger partial charge in [0.2, 0.25) is 0 Å². The Bertz CT molecular complexity index is 476. The quantitative estimate of drug-likeness (QED) is 0.645. The largest absolute Gasteiger partial charge is 0.299 e. The lowest BCUT2D eigenvalue weighted by atomic mass is 9.99. The normalized spacial score (nSPS) is 15.4. The molecule has 0 bridgehead atoms. The number of aldehydes is 1. The fraction of sp³-hybridized carbons (Fsp3) is 0.300. The van der Waals surface area contributed by atoms with Crippen molar-refractivity contribution in [2.45, 2.75) is 18.3 Å². The minimum absolute atomic E-state index is 0.140. The van der Waals surface area contributed by atoms with E-state index in [0.717, 1.165) is 6.92 Å². The predicted molar refractivity (Wildman–Crippen MR) is 56.2 cm³/mol. The zero-order chi connectivity index (χ0) is 12.4. The second-order valence-electron chi connectivity index (χ2n) is 3.62. The number of alkyl halides is 1. The smallest absolute Gasteiger partial charge is 0.269 e. The van der Waals surface area contributed by atoms with Gasteiger partial charge < -0.3 is 0 Å². The van der Waals surface area contributed by atoms with Gasteiger partial charge in [-0.05, 0) is 18.1 Å². The van der Waals surface area contributed by atoms with Crippen molar-refractivity contribution < 1.29 is 22.2 Å². The molecule has 1 atom stereocenters. The number of carbonyl (C=O) groups excluding carboxylic acids is 1. The molecule has 0 spiro atoms. The maximum absolute atomic E-state index is 13.5. The lowest BCUT2D eigenvalue weighted by Crippen LogP contribution is -2.16. The van der Waals surface area contributed by atoms with E-state index in [-0.39, 0.29) is 11.8 Å². The summed E-state index contributed by atoms with van der Waals surface area (Å²) in [5, 5.41) is 0. The SMILES string of the molecule is CC(F)(C=O)c1ccc(CS(=O)(=O)O)cc1. The van der Waals surface area contributed by atoms with Crippen LogP contribution in [0, 0.1) is 0 Å². The zero-order valence-corrected chi connectivity index (χ0v) is 9.37. The van der Waals surface area contributed by atoms with E-state index in [0.29, 0.717) is 5.56 Å². The van der Waals surface area contributed by atoms with Gasteiger partial charge in [-0.2, -0.15) is 8.42 Å². The Hall–Kier alpha value is -1.27. The Morgan fingerprint density at radius 2 is 1.88 bits per heavy atom. The average molecular weight is 246 g/mol. The highest BCUT2D eigenvalue weighted by Crippen LogP contribution is 2.23. The van der Waals surface area contributed by atoms with Crippen LogP contribution in [-0.4, -0.2) is 19.3 Å². The molecule has 0 aliphatic carbocycles. The molecular weight excluding hydrogens is 235 g/mol. The lowest BCUT2D eigenvalue weighted by Gasteiger charge is -2.13. The maximum atomic E-state index is 13.5. The third-order valence-corrected chi connectivity index (χ3v) is 2.79. The molecular formula is C10H11FO4S. The van der Waals surface area contributed by atoms with Crippen molar-refractivity contribution in [1.29, 1.82) is 0 Å². The minimum Gasteiger partial charge on any atom is -0.299 e. The van der Waals surface area contributed by atoms with Crippen LogP contribution in [0.2, 0.25) is 0 Å². The topological polar surface area (TPSA) is 71.4 Å². The molecule has 0 heterocycles. The van der Waals surface area contributed by atoms with Crippen LogP contribution in [0.4, 0.5) is 4.39 Å². The Labute approximate surface area is 92.8 Å². The summed E-state index contributed by atoms with van der Waals surface area (Å²) in [6, 6.07) is 5.33. The van der Waals surface area contributed by atoms with Crippen molar-refractivity contribution >= 4 is 16.4 Å². The number of hydrogen-bond acceptors (Lipinski definition) is 3. The van der Waals surface area contributed by atoms with Crippen LogP contribution in [-0.2, 0) is 26.3 Å². The van der Waals surface area contributed by atoms with Crippen molar-refractivity contribution in [2.75, 3.05) is 0 Å². The van der Waals surface area contributed by atoms with Crippen molar-refractivity contribution in [2.24, 2.45) is 0 Å². The molecule has 4 nitrogen and oxygen atoms in total. The molecule has 0 saturated carbocycles. The van der Waals surface area contributed by atoms with E-state index in [1.54, 1.807) is 0 Å². The van der Waals surface area contributed by atoms with Gasteiger partial charge in [-0.1, -0.05) is 24.3 Å². The van der Waals surface area contributed by atoms with Crippen LogP contribution < -0.4 is 0 Å². The molecule has 0 aliphatic rings. The second kappa shape index (κ2) is 4.31. The molecule has 88 valence electrons. The molecule has 0 aromatic heterocycles.